The van der Waals surface area contributed by atoms with E-state index >= 15 is 0 Å². The van der Waals surface area contributed by atoms with Gasteiger partial charge in [-0.05, 0) is 74.9 Å². The molecule has 1 aliphatic heterocycles. The first-order valence-corrected chi connectivity index (χ1v) is 8.79. The van der Waals surface area contributed by atoms with Crippen LogP contribution < -0.4 is 5.73 Å². The summed E-state index contributed by atoms with van der Waals surface area (Å²) in [6.45, 7) is 16.6. The first-order chi connectivity index (χ1) is 9.37. The van der Waals surface area contributed by atoms with Gasteiger partial charge in [-0.2, -0.15) is 0 Å². The molecular weight excluding hydrogens is 244 g/mol. The number of likely N-dealkylation sites (tertiary alicyclic amines) is 1. The van der Waals surface area contributed by atoms with Gasteiger partial charge in [-0.1, -0.05) is 34.6 Å². The van der Waals surface area contributed by atoms with Crippen molar-refractivity contribution in [3.8, 4) is 0 Å². The van der Waals surface area contributed by atoms with Crippen molar-refractivity contribution in [2.45, 2.75) is 73.1 Å². The maximum atomic E-state index is 5.78. The van der Waals surface area contributed by atoms with Crippen molar-refractivity contribution in [3.05, 3.63) is 0 Å². The molecule has 0 amide bonds. The van der Waals surface area contributed by atoms with E-state index in [1.807, 2.05) is 0 Å². The van der Waals surface area contributed by atoms with E-state index in [0.29, 0.717) is 10.8 Å². The average molecular weight is 283 g/mol. The standard InChI is InChI=1S/C18H38N2/c1-6-18(7-2)11-14-20(15-18)13-8-9-16(10-12-19)17(3,4)5/h16H,6-15,19H2,1-5H3. The van der Waals surface area contributed by atoms with Gasteiger partial charge in [0.1, 0.15) is 0 Å². The summed E-state index contributed by atoms with van der Waals surface area (Å²) in [6.07, 6.45) is 7.95. The summed E-state index contributed by atoms with van der Waals surface area (Å²) >= 11 is 0. The Balaban J connectivity index is 2.34. The molecule has 120 valence electrons. The Morgan fingerprint density at radius 1 is 1.15 bits per heavy atom. The van der Waals surface area contributed by atoms with Crippen LogP contribution in [-0.2, 0) is 0 Å². The van der Waals surface area contributed by atoms with Gasteiger partial charge < -0.3 is 10.6 Å². The largest absolute Gasteiger partial charge is 0.330 e. The van der Waals surface area contributed by atoms with Crippen LogP contribution in [0.3, 0.4) is 0 Å². The number of nitrogens with two attached hydrogens (primary N) is 1. The third-order valence-electron chi connectivity index (χ3n) is 5.78. The third kappa shape index (κ3) is 5.04. The van der Waals surface area contributed by atoms with E-state index in [9.17, 15) is 0 Å². The molecule has 2 N–H and O–H groups in total. The van der Waals surface area contributed by atoms with Gasteiger partial charge in [-0.3, -0.25) is 0 Å². The summed E-state index contributed by atoms with van der Waals surface area (Å²) in [7, 11) is 0. The SMILES string of the molecule is CCC1(CC)CCN(CCCC(CCN)C(C)(C)C)C1. The van der Waals surface area contributed by atoms with Crippen LogP contribution in [0.1, 0.15) is 73.1 Å². The van der Waals surface area contributed by atoms with Gasteiger partial charge in [0.05, 0.1) is 0 Å². The van der Waals surface area contributed by atoms with E-state index in [0.717, 1.165) is 12.5 Å². The Bertz CT molecular complexity index is 263. The van der Waals surface area contributed by atoms with Gasteiger partial charge in [-0.15, -0.1) is 0 Å². The van der Waals surface area contributed by atoms with Gasteiger partial charge in [0, 0.05) is 6.54 Å². The molecule has 0 saturated carbocycles. The van der Waals surface area contributed by atoms with Gasteiger partial charge in [0.2, 0.25) is 0 Å². The van der Waals surface area contributed by atoms with E-state index in [1.165, 1.54) is 58.2 Å². The molecule has 1 heterocycles. The Morgan fingerprint density at radius 3 is 2.25 bits per heavy atom. The number of hydrogen-bond acceptors (Lipinski definition) is 2. The second kappa shape index (κ2) is 7.79. The summed E-state index contributed by atoms with van der Waals surface area (Å²) in [5.74, 6) is 0.775. The lowest BCUT2D eigenvalue weighted by atomic mass is 9.76. The molecule has 1 fully saturated rings. The van der Waals surface area contributed by atoms with Crippen LogP contribution in [0.4, 0.5) is 0 Å². The summed E-state index contributed by atoms with van der Waals surface area (Å²) < 4.78 is 0. The minimum Gasteiger partial charge on any atom is -0.330 e. The van der Waals surface area contributed by atoms with Gasteiger partial charge >= 0.3 is 0 Å². The highest BCUT2D eigenvalue weighted by Gasteiger charge is 2.34. The normalized spacial score (nSPS) is 21.3. The van der Waals surface area contributed by atoms with Crippen LogP contribution in [0.15, 0.2) is 0 Å². The second-order valence-corrected chi connectivity index (χ2v) is 8.02. The molecule has 0 aromatic heterocycles. The molecule has 0 aromatic carbocycles. The predicted octanol–water partition coefficient (Wildman–Crippen LogP) is 4.29. The molecule has 0 radical (unpaired) electrons. The molecule has 20 heavy (non-hydrogen) atoms. The van der Waals surface area contributed by atoms with Gasteiger partial charge in [0.15, 0.2) is 0 Å². The zero-order valence-electron chi connectivity index (χ0n) is 14.7. The van der Waals surface area contributed by atoms with Gasteiger partial charge in [0.25, 0.3) is 0 Å². The lowest BCUT2D eigenvalue weighted by Gasteiger charge is -2.31. The highest BCUT2D eigenvalue weighted by Crippen LogP contribution is 2.37. The number of hydrogen-bond donors (Lipinski definition) is 1. The molecule has 0 spiro atoms. The highest BCUT2D eigenvalue weighted by molar-refractivity contribution is 4.88. The fraction of sp³-hybridized carbons (Fsp3) is 1.00. The van der Waals surface area contributed by atoms with E-state index < -0.39 is 0 Å². The molecule has 1 aliphatic rings. The Hall–Kier alpha value is -0.0800. The minimum atomic E-state index is 0.404. The maximum Gasteiger partial charge on any atom is 0.00382 e. The zero-order chi connectivity index (χ0) is 15.2. The van der Waals surface area contributed by atoms with E-state index in [2.05, 4.69) is 39.5 Å². The van der Waals surface area contributed by atoms with Crippen LogP contribution in [0.25, 0.3) is 0 Å². The molecule has 0 bridgehead atoms. The fourth-order valence-electron chi connectivity index (χ4n) is 3.82. The van der Waals surface area contributed by atoms with E-state index in [4.69, 9.17) is 5.73 Å². The summed E-state index contributed by atoms with van der Waals surface area (Å²) in [5, 5.41) is 0. The number of nitrogens with zero attached hydrogens (tertiary/aromatic N) is 1. The molecule has 1 atom stereocenters. The molecule has 0 aliphatic carbocycles. The molecule has 2 nitrogen and oxygen atoms in total. The number of rotatable bonds is 8. The van der Waals surface area contributed by atoms with Crippen LogP contribution >= 0.6 is 0 Å². The lowest BCUT2D eigenvalue weighted by molar-refractivity contribution is 0.192. The predicted molar refractivity (Wildman–Crippen MR) is 89.9 cm³/mol. The molecule has 1 unspecified atom stereocenters. The molecule has 1 rings (SSSR count). The summed E-state index contributed by atoms with van der Waals surface area (Å²) in [5.41, 5.74) is 6.81. The fourth-order valence-corrected chi connectivity index (χ4v) is 3.82. The Labute approximate surface area is 127 Å². The van der Waals surface area contributed by atoms with Crippen molar-refractivity contribution in [2.24, 2.45) is 22.5 Å². The minimum absolute atomic E-state index is 0.404. The average Bonchev–Trinajstić information content (AvgIpc) is 2.81. The second-order valence-electron chi connectivity index (χ2n) is 8.02. The summed E-state index contributed by atoms with van der Waals surface area (Å²) in [4.78, 5) is 2.70. The topological polar surface area (TPSA) is 29.3 Å². The lowest BCUT2D eigenvalue weighted by Crippen LogP contribution is -2.29. The maximum absolute atomic E-state index is 5.78. The van der Waals surface area contributed by atoms with Gasteiger partial charge in [-0.25, -0.2) is 0 Å². The Morgan fingerprint density at radius 2 is 1.80 bits per heavy atom. The van der Waals surface area contributed by atoms with Crippen molar-refractivity contribution < 1.29 is 0 Å². The monoisotopic (exact) mass is 282 g/mol. The Kier molecular flexibility index (Phi) is 7.00. The van der Waals surface area contributed by atoms with E-state index in [-0.39, 0.29) is 0 Å². The van der Waals surface area contributed by atoms with E-state index in [1.54, 1.807) is 0 Å². The van der Waals surface area contributed by atoms with Crippen molar-refractivity contribution >= 4 is 0 Å². The first-order valence-electron chi connectivity index (χ1n) is 8.79. The van der Waals surface area contributed by atoms with Crippen molar-refractivity contribution in [1.82, 2.24) is 4.90 Å². The third-order valence-corrected chi connectivity index (χ3v) is 5.78. The molecule has 1 saturated heterocycles. The van der Waals surface area contributed by atoms with Crippen LogP contribution in [0.5, 0.6) is 0 Å². The van der Waals surface area contributed by atoms with Crippen LogP contribution in [-0.4, -0.2) is 31.1 Å². The molecule has 0 aromatic rings. The van der Waals surface area contributed by atoms with Crippen LogP contribution in [0, 0.1) is 16.7 Å². The first kappa shape index (κ1) is 18.0. The van der Waals surface area contributed by atoms with Crippen molar-refractivity contribution in [2.75, 3.05) is 26.2 Å². The van der Waals surface area contributed by atoms with Crippen molar-refractivity contribution in [3.63, 3.8) is 0 Å². The van der Waals surface area contributed by atoms with Crippen molar-refractivity contribution in [1.29, 1.82) is 0 Å². The zero-order valence-corrected chi connectivity index (χ0v) is 14.7. The molecular formula is C18H38N2. The highest BCUT2D eigenvalue weighted by atomic mass is 15.2. The smallest absolute Gasteiger partial charge is 0.00382 e. The van der Waals surface area contributed by atoms with Crippen LogP contribution in [0.2, 0.25) is 0 Å². The summed E-state index contributed by atoms with van der Waals surface area (Å²) in [6, 6.07) is 0. The molecule has 2 heteroatoms. The quantitative estimate of drug-likeness (QED) is 0.719.